The molecule has 0 unspecified atom stereocenters. The number of fused-ring (bicyclic) bond motifs is 2. The van der Waals surface area contributed by atoms with Crippen LogP contribution in [0.25, 0.3) is 21.9 Å². The molecule has 6 rings (SSSR count). The van der Waals surface area contributed by atoms with Gasteiger partial charge in [-0.05, 0) is 18.6 Å². The van der Waals surface area contributed by atoms with Crippen LogP contribution >= 0.6 is 11.3 Å². The van der Waals surface area contributed by atoms with Gasteiger partial charge in [0.15, 0.2) is 5.82 Å². The summed E-state index contributed by atoms with van der Waals surface area (Å²) >= 11 is 1.21. The SMILES string of the molecule is Cc1ccc(CN2C(=O)C(=c3sc4nc(-c5ccccc5)nn4c3=O)c3ccccc32)cc1. The highest BCUT2D eigenvalue weighted by atomic mass is 32.1. The Morgan fingerprint density at radius 1 is 0.879 bits per heavy atom. The number of amides is 1. The van der Waals surface area contributed by atoms with Gasteiger partial charge in [-0.3, -0.25) is 9.59 Å². The molecular weight excluding hydrogens is 432 g/mol. The van der Waals surface area contributed by atoms with Crippen LogP contribution in [0.3, 0.4) is 0 Å². The number of hydrogen-bond acceptors (Lipinski definition) is 5. The molecule has 0 spiro atoms. The molecule has 3 heterocycles. The van der Waals surface area contributed by atoms with Crippen LogP contribution in [0.5, 0.6) is 0 Å². The normalized spacial score (nSPS) is 14.8. The van der Waals surface area contributed by atoms with E-state index in [1.807, 2.05) is 85.8 Å². The average molecular weight is 451 g/mol. The van der Waals surface area contributed by atoms with Crippen LogP contribution in [0.1, 0.15) is 16.7 Å². The second kappa shape index (κ2) is 7.50. The molecule has 0 bridgehead atoms. The Bertz CT molecular complexity index is 1640. The van der Waals surface area contributed by atoms with Crippen LogP contribution in [-0.2, 0) is 11.3 Å². The summed E-state index contributed by atoms with van der Waals surface area (Å²) in [6.45, 7) is 2.47. The largest absolute Gasteiger partial charge is 0.303 e. The Hall–Kier alpha value is -4.10. The van der Waals surface area contributed by atoms with Gasteiger partial charge in [-0.25, -0.2) is 0 Å². The van der Waals surface area contributed by atoms with E-state index in [4.69, 9.17) is 0 Å². The minimum Gasteiger partial charge on any atom is -0.303 e. The van der Waals surface area contributed by atoms with E-state index < -0.39 is 0 Å². The predicted molar refractivity (Wildman–Crippen MR) is 129 cm³/mol. The minimum atomic E-state index is -0.319. The maximum atomic E-state index is 13.6. The first kappa shape index (κ1) is 19.6. The van der Waals surface area contributed by atoms with Crippen LogP contribution in [0, 0.1) is 6.92 Å². The van der Waals surface area contributed by atoms with Crippen LogP contribution < -0.4 is 15.0 Å². The zero-order valence-corrected chi connectivity index (χ0v) is 18.5. The summed E-state index contributed by atoms with van der Waals surface area (Å²) in [6, 6.07) is 25.2. The molecule has 0 saturated carbocycles. The summed E-state index contributed by atoms with van der Waals surface area (Å²) in [5.41, 5.74) is 4.71. The van der Waals surface area contributed by atoms with E-state index in [9.17, 15) is 9.59 Å². The molecule has 0 N–H and O–H groups in total. The maximum absolute atomic E-state index is 13.6. The molecule has 0 aliphatic carbocycles. The van der Waals surface area contributed by atoms with Crippen molar-refractivity contribution in [3.63, 3.8) is 0 Å². The number of thiazole rings is 1. The Morgan fingerprint density at radius 3 is 2.36 bits per heavy atom. The first-order chi connectivity index (χ1) is 16.1. The molecule has 1 aliphatic heterocycles. The van der Waals surface area contributed by atoms with E-state index in [0.717, 1.165) is 22.4 Å². The third-order valence-corrected chi connectivity index (χ3v) is 6.83. The summed E-state index contributed by atoms with van der Waals surface area (Å²) in [5, 5.41) is 4.42. The van der Waals surface area contributed by atoms with E-state index in [-0.39, 0.29) is 11.5 Å². The number of anilines is 1. The summed E-state index contributed by atoms with van der Waals surface area (Å²) in [5.74, 6) is 0.316. The van der Waals surface area contributed by atoms with Gasteiger partial charge in [0.05, 0.1) is 17.8 Å². The Morgan fingerprint density at radius 2 is 1.61 bits per heavy atom. The van der Waals surface area contributed by atoms with Crippen molar-refractivity contribution >= 4 is 33.5 Å². The lowest BCUT2D eigenvalue weighted by Gasteiger charge is -2.17. The highest BCUT2D eigenvalue weighted by molar-refractivity contribution is 7.15. The summed E-state index contributed by atoms with van der Waals surface area (Å²) in [7, 11) is 0. The maximum Gasteiger partial charge on any atom is 0.291 e. The molecule has 33 heavy (non-hydrogen) atoms. The first-order valence-corrected chi connectivity index (χ1v) is 11.4. The van der Waals surface area contributed by atoms with Gasteiger partial charge in [0, 0.05) is 11.1 Å². The van der Waals surface area contributed by atoms with Gasteiger partial charge >= 0.3 is 0 Å². The highest BCUT2D eigenvalue weighted by Crippen LogP contribution is 2.36. The van der Waals surface area contributed by atoms with Gasteiger partial charge in [0.2, 0.25) is 4.96 Å². The Balaban J connectivity index is 1.49. The molecule has 0 radical (unpaired) electrons. The number of aromatic nitrogens is 3. The molecule has 2 aromatic heterocycles. The second-order valence-electron chi connectivity index (χ2n) is 8.00. The molecule has 6 nitrogen and oxygen atoms in total. The number of hydrogen-bond donors (Lipinski definition) is 0. The highest BCUT2D eigenvalue weighted by Gasteiger charge is 2.34. The predicted octanol–water partition coefficient (Wildman–Crippen LogP) is 3.59. The van der Waals surface area contributed by atoms with E-state index in [0.29, 0.717) is 27.4 Å². The quantitative estimate of drug-likeness (QED) is 0.421. The molecule has 0 saturated heterocycles. The Labute approximate surface area is 193 Å². The standard InChI is InChI=1S/C26H18N4O2S/c1-16-11-13-17(14-12-16)15-29-20-10-6-5-9-19(20)21(24(29)31)22-25(32)30-26(33-22)27-23(28-30)18-7-3-2-4-8-18/h2-14H,15H2,1H3. The smallest absolute Gasteiger partial charge is 0.291 e. The zero-order chi connectivity index (χ0) is 22.5. The Kier molecular flexibility index (Phi) is 4.45. The van der Waals surface area contributed by atoms with Gasteiger partial charge in [-0.1, -0.05) is 89.7 Å². The number of para-hydroxylation sites is 1. The van der Waals surface area contributed by atoms with Crippen LogP contribution in [0.15, 0.2) is 83.7 Å². The first-order valence-electron chi connectivity index (χ1n) is 10.6. The monoisotopic (exact) mass is 450 g/mol. The van der Waals surface area contributed by atoms with Crippen molar-refractivity contribution in [2.24, 2.45) is 0 Å². The van der Waals surface area contributed by atoms with Crippen molar-refractivity contribution in [3.05, 3.63) is 110 Å². The summed E-state index contributed by atoms with van der Waals surface area (Å²) < 4.78 is 1.67. The van der Waals surface area contributed by atoms with Gasteiger partial charge in [-0.2, -0.15) is 9.50 Å². The summed E-state index contributed by atoms with van der Waals surface area (Å²) in [4.78, 5) is 33.6. The number of nitrogens with zero attached hydrogens (tertiary/aromatic N) is 4. The van der Waals surface area contributed by atoms with Crippen molar-refractivity contribution in [1.82, 2.24) is 14.6 Å². The van der Waals surface area contributed by atoms with Crippen molar-refractivity contribution in [2.45, 2.75) is 13.5 Å². The number of carbonyl (C=O) groups excluding carboxylic acids is 1. The van der Waals surface area contributed by atoms with E-state index in [2.05, 4.69) is 10.1 Å². The lowest BCUT2D eigenvalue weighted by atomic mass is 10.1. The van der Waals surface area contributed by atoms with Crippen molar-refractivity contribution in [3.8, 4) is 11.4 Å². The average Bonchev–Trinajstić information content (AvgIpc) is 3.47. The van der Waals surface area contributed by atoms with Crippen LogP contribution in [0.4, 0.5) is 5.69 Å². The fourth-order valence-corrected chi connectivity index (χ4v) is 5.13. The molecule has 3 aromatic carbocycles. The summed E-state index contributed by atoms with van der Waals surface area (Å²) in [6.07, 6.45) is 0. The van der Waals surface area contributed by atoms with Gasteiger partial charge < -0.3 is 4.90 Å². The van der Waals surface area contributed by atoms with Gasteiger partial charge in [-0.15, -0.1) is 5.10 Å². The molecule has 1 aliphatic rings. The molecule has 160 valence electrons. The number of benzene rings is 3. The van der Waals surface area contributed by atoms with E-state index in [1.54, 1.807) is 4.90 Å². The minimum absolute atomic E-state index is 0.179. The van der Waals surface area contributed by atoms with Crippen LogP contribution in [-0.4, -0.2) is 20.5 Å². The third-order valence-electron chi connectivity index (χ3n) is 5.80. The van der Waals surface area contributed by atoms with Crippen molar-refractivity contribution in [2.75, 3.05) is 4.90 Å². The molecule has 7 heteroatoms. The molecule has 0 atom stereocenters. The molecular formula is C26H18N4O2S. The number of rotatable bonds is 3. The number of carbonyl (C=O) groups is 1. The van der Waals surface area contributed by atoms with Crippen molar-refractivity contribution < 1.29 is 4.79 Å². The van der Waals surface area contributed by atoms with Crippen LogP contribution in [0.2, 0.25) is 0 Å². The number of aryl methyl sites for hydroxylation is 1. The lowest BCUT2D eigenvalue weighted by Crippen LogP contribution is -2.32. The van der Waals surface area contributed by atoms with Gasteiger partial charge in [0.25, 0.3) is 11.5 Å². The fourth-order valence-electron chi connectivity index (χ4n) is 4.13. The molecule has 1 amide bonds. The van der Waals surface area contributed by atoms with E-state index >= 15 is 0 Å². The third kappa shape index (κ3) is 3.16. The molecule has 5 aromatic rings. The topological polar surface area (TPSA) is 67.6 Å². The zero-order valence-electron chi connectivity index (χ0n) is 17.7. The van der Waals surface area contributed by atoms with Gasteiger partial charge in [0.1, 0.15) is 4.53 Å². The fraction of sp³-hybridized carbons (Fsp3) is 0.0769. The van der Waals surface area contributed by atoms with Crippen molar-refractivity contribution in [1.29, 1.82) is 0 Å². The lowest BCUT2D eigenvalue weighted by molar-refractivity contribution is -0.113. The second-order valence-corrected chi connectivity index (χ2v) is 8.98. The van der Waals surface area contributed by atoms with E-state index in [1.165, 1.54) is 21.4 Å². The molecule has 0 fully saturated rings.